The first-order valence-corrected chi connectivity index (χ1v) is 8.71. The molecule has 0 radical (unpaired) electrons. The fraction of sp³-hybridized carbons (Fsp3) is 0.350. The number of hydrogen-bond donors (Lipinski definition) is 1. The summed E-state index contributed by atoms with van der Waals surface area (Å²) in [4.78, 5) is 28.7. The van der Waals surface area contributed by atoms with Crippen molar-refractivity contribution in [2.24, 2.45) is 0 Å². The van der Waals surface area contributed by atoms with Gasteiger partial charge in [0.25, 0.3) is 0 Å². The molecule has 144 valence electrons. The highest BCUT2D eigenvalue weighted by atomic mass is 19.1. The summed E-state index contributed by atoms with van der Waals surface area (Å²) in [5, 5.41) is 2.63. The number of carbonyl (C=O) groups excluding carboxylic acids is 2. The van der Waals surface area contributed by atoms with Crippen LogP contribution in [0.4, 0.5) is 8.78 Å². The van der Waals surface area contributed by atoms with E-state index in [9.17, 15) is 18.4 Å². The van der Waals surface area contributed by atoms with Gasteiger partial charge >= 0.3 is 5.97 Å². The van der Waals surface area contributed by atoms with Gasteiger partial charge in [-0.05, 0) is 36.6 Å². The Morgan fingerprint density at radius 3 is 2.63 bits per heavy atom. The highest BCUT2D eigenvalue weighted by molar-refractivity contribution is 5.85. The van der Waals surface area contributed by atoms with E-state index in [1.165, 1.54) is 6.07 Å². The lowest BCUT2D eigenvalue weighted by molar-refractivity contribution is -0.147. The van der Waals surface area contributed by atoms with Gasteiger partial charge in [-0.3, -0.25) is 9.78 Å². The number of nitrogens with zero attached hydrogens (tertiary/aromatic N) is 1. The van der Waals surface area contributed by atoms with Gasteiger partial charge in [-0.15, -0.1) is 0 Å². The highest BCUT2D eigenvalue weighted by Gasteiger charge is 2.24. The van der Waals surface area contributed by atoms with Crippen molar-refractivity contribution in [3.05, 3.63) is 65.5 Å². The average Bonchev–Trinajstić information content (AvgIpc) is 2.62. The van der Waals surface area contributed by atoms with Crippen molar-refractivity contribution < 1.29 is 23.1 Å². The van der Waals surface area contributed by atoms with Crippen molar-refractivity contribution >= 4 is 11.9 Å². The van der Waals surface area contributed by atoms with E-state index in [0.29, 0.717) is 5.69 Å². The molecule has 0 aliphatic heterocycles. The predicted molar refractivity (Wildman–Crippen MR) is 95.9 cm³/mol. The predicted octanol–water partition coefficient (Wildman–Crippen LogP) is 3.14. The van der Waals surface area contributed by atoms with Crippen LogP contribution in [0.3, 0.4) is 0 Å². The maximum atomic E-state index is 13.9. The molecule has 0 bridgehead atoms. The van der Waals surface area contributed by atoms with Gasteiger partial charge in [0, 0.05) is 30.8 Å². The molecule has 1 heterocycles. The normalized spacial score (nSPS) is 12.9. The van der Waals surface area contributed by atoms with Crippen molar-refractivity contribution in [1.29, 1.82) is 0 Å². The Hall–Kier alpha value is -2.83. The van der Waals surface area contributed by atoms with Gasteiger partial charge in [0.1, 0.15) is 17.7 Å². The molecule has 1 aromatic carbocycles. The molecule has 2 rings (SSSR count). The first-order chi connectivity index (χ1) is 12.9. The van der Waals surface area contributed by atoms with E-state index in [0.717, 1.165) is 12.1 Å². The van der Waals surface area contributed by atoms with E-state index >= 15 is 0 Å². The molecule has 0 aliphatic rings. The SMILES string of the molecule is CCOC(=O)[C@H](Cc1ccccn1)NC(=O)C[C@@H](C)c1ccc(F)cc1F. The molecular weight excluding hydrogens is 354 g/mol. The van der Waals surface area contributed by atoms with Gasteiger partial charge in [0.2, 0.25) is 5.91 Å². The lowest BCUT2D eigenvalue weighted by Gasteiger charge is -2.19. The number of rotatable bonds is 8. The Labute approximate surface area is 156 Å². The van der Waals surface area contributed by atoms with Crippen LogP contribution in [0.5, 0.6) is 0 Å². The van der Waals surface area contributed by atoms with Crippen molar-refractivity contribution in [3.63, 3.8) is 0 Å². The molecule has 0 fully saturated rings. The lowest BCUT2D eigenvalue weighted by Crippen LogP contribution is -2.43. The number of benzene rings is 1. The maximum absolute atomic E-state index is 13.9. The zero-order chi connectivity index (χ0) is 19.8. The van der Waals surface area contributed by atoms with E-state index in [-0.39, 0.29) is 25.0 Å². The smallest absolute Gasteiger partial charge is 0.329 e. The van der Waals surface area contributed by atoms with Crippen LogP contribution in [0.15, 0.2) is 42.6 Å². The molecule has 7 heteroatoms. The van der Waals surface area contributed by atoms with Crippen LogP contribution in [-0.2, 0) is 20.7 Å². The van der Waals surface area contributed by atoms with Gasteiger partial charge < -0.3 is 10.1 Å². The number of pyridine rings is 1. The Morgan fingerprint density at radius 2 is 2.00 bits per heavy atom. The fourth-order valence-electron chi connectivity index (χ4n) is 2.71. The number of hydrogen-bond acceptors (Lipinski definition) is 4. The van der Waals surface area contributed by atoms with Crippen LogP contribution in [0.25, 0.3) is 0 Å². The Morgan fingerprint density at radius 1 is 1.22 bits per heavy atom. The first kappa shape index (κ1) is 20.5. The molecule has 2 atom stereocenters. The molecule has 0 saturated carbocycles. The summed E-state index contributed by atoms with van der Waals surface area (Å²) >= 11 is 0. The van der Waals surface area contributed by atoms with Crippen molar-refractivity contribution in [2.45, 2.75) is 38.6 Å². The standard InChI is InChI=1S/C20H22F2N2O3/c1-3-27-20(26)18(12-15-6-4-5-9-23-15)24-19(25)10-13(2)16-8-7-14(21)11-17(16)22/h4-9,11,13,18H,3,10,12H2,1-2H3,(H,24,25)/t13-,18+/m1/s1. The minimum Gasteiger partial charge on any atom is -0.464 e. The molecule has 2 aromatic rings. The number of halogens is 2. The number of esters is 1. The molecule has 5 nitrogen and oxygen atoms in total. The molecule has 0 unspecified atom stereocenters. The molecule has 1 aromatic heterocycles. The second kappa shape index (κ2) is 9.75. The molecule has 0 spiro atoms. The van der Waals surface area contributed by atoms with Crippen LogP contribution in [-0.4, -0.2) is 29.5 Å². The summed E-state index contributed by atoms with van der Waals surface area (Å²) in [6, 6.07) is 7.64. The topological polar surface area (TPSA) is 68.3 Å². The first-order valence-electron chi connectivity index (χ1n) is 8.71. The van der Waals surface area contributed by atoms with Crippen LogP contribution < -0.4 is 5.32 Å². The summed E-state index contributed by atoms with van der Waals surface area (Å²) in [6.07, 6.45) is 1.73. The van der Waals surface area contributed by atoms with E-state index < -0.39 is 35.5 Å². The summed E-state index contributed by atoms with van der Waals surface area (Å²) in [5.74, 6) is -2.85. The summed E-state index contributed by atoms with van der Waals surface area (Å²) < 4.78 is 31.9. The second-order valence-corrected chi connectivity index (χ2v) is 6.17. The van der Waals surface area contributed by atoms with Crippen molar-refractivity contribution in [1.82, 2.24) is 10.3 Å². The Balaban J connectivity index is 2.04. The second-order valence-electron chi connectivity index (χ2n) is 6.17. The average molecular weight is 376 g/mol. The molecule has 27 heavy (non-hydrogen) atoms. The van der Waals surface area contributed by atoms with Crippen LogP contribution in [0.2, 0.25) is 0 Å². The van der Waals surface area contributed by atoms with Crippen LogP contribution in [0.1, 0.15) is 37.4 Å². The van der Waals surface area contributed by atoms with E-state index in [4.69, 9.17) is 4.74 Å². The van der Waals surface area contributed by atoms with Gasteiger partial charge in [-0.1, -0.05) is 19.1 Å². The maximum Gasteiger partial charge on any atom is 0.329 e. The molecule has 0 aliphatic carbocycles. The molecule has 0 saturated heterocycles. The quantitative estimate of drug-likeness (QED) is 0.719. The van der Waals surface area contributed by atoms with Gasteiger partial charge in [-0.25, -0.2) is 13.6 Å². The van der Waals surface area contributed by atoms with Gasteiger partial charge in [0.05, 0.1) is 6.61 Å². The minimum absolute atomic E-state index is 0.0549. The van der Waals surface area contributed by atoms with Gasteiger partial charge in [0.15, 0.2) is 0 Å². The van der Waals surface area contributed by atoms with Crippen LogP contribution >= 0.6 is 0 Å². The molecule has 1 N–H and O–H groups in total. The Bertz CT molecular complexity index is 784. The number of ether oxygens (including phenoxy) is 1. The highest BCUT2D eigenvalue weighted by Crippen LogP contribution is 2.22. The van der Waals surface area contributed by atoms with Crippen molar-refractivity contribution in [3.8, 4) is 0 Å². The van der Waals surface area contributed by atoms with Crippen LogP contribution in [0, 0.1) is 11.6 Å². The van der Waals surface area contributed by atoms with E-state index in [1.54, 1.807) is 38.2 Å². The minimum atomic E-state index is -0.891. The summed E-state index contributed by atoms with van der Waals surface area (Å²) in [5.41, 5.74) is 0.873. The lowest BCUT2D eigenvalue weighted by atomic mass is 9.96. The van der Waals surface area contributed by atoms with Gasteiger partial charge in [-0.2, -0.15) is 0 Å². The summed E-state index contributed by atoms with van der Waals surface area (Å²) in [7, 11) is 0. The fourth-order valence-corrected chi connectivity index (χ4v) is 2.71. The van der Waals surface area contributed by atoms with Crippen molar-refractivity contribution in [2.75, 3.05) is 6.61 Å². The third-order valence-corrected chi connectivity index (χ3v) is 4.03. The number of amides is 1. The third-order valence-electron chi connectivity index (χ3n) is 4.03. The number of aromatic nitrogens is 1. The third kappa shape index (κ3) is 6.13. The monoisotopic (exact) mass is 376 g/mol. The zero-order valence-electron chi connectivity index (χ0n) is 15.2. The van der Waals surface area contributed by atoms with E-state index in [1.807, 2.05) is 0 Å². The molecular formula is C20H22F2N2O3. The van der Waals surface area contributed by atoms with E-state index in [2.05, 4.69) is 10.3 Å². The largest absolute Gasteiger partial charge is 0.464 e. The zero-order valence-corrected chi connectivity index (χ0v) is 15.2. The number of nitrogens with one attached hydrogen (secondary N) is 1. The summed E-state index contributed by atoms with van der Waals surface area (Å²) in [6.45, 7) is 3.52. The number of carbonyl (C=O) groups is 2. The molecule has 1 amide bonds. The Kier molecular flexibility index (Phi) is 7.40.